The van der Waals surface area contributed by atoms with E-state index in [0.717, 1.165) is 21.9 Å². The van der Waals surface area contributed by atoms with Crippen LogP contribution in [0.2, 0.25) is 0 Å². The molecule has 0 saturated heterocycles. The van der Waals surface area contributed by atoms with Crippen molar-refractivity contribution >= 4 is 43.7 Å². The molecule has 0 N–H and O–H groups in total. The SMILES string of the molecule is [2H]c1c([2H])c([2H])c(-c2c([2H])c([2H])c3c(c2[2H])c2c([2H])c([2H])c([2H])c([2H])c2n3-c2c(-c3ccc(-c4ccccc4)cc3)cccc2-c2nc(-c3ccccc3)nc(-c3ccc4c(c3)oc3ccccc34)n2)c([2H])c1[2H]. The van der Waals surface area contributed by atoms with Gasteiger partial charge >= 0.3 is 0 Å². The summed E-state index contributed by atoms with van der Waals surface area (Å²) in [4.78, 5) is 15.3. The zero-order valence-corrected chi connectivity index (χ0v) is 32.6. The van der Waals surface area contributed by atoms with Crippen LogP contribution in [0.4, 0.5) is 0 Å². The Kier molecular flexibility index (Phi) is 5.99. The molecule has 290 valence electrons. The lowest BCUT2D eigenvalue weighted by Gasteiger charge is -2.19. The van der Waals surface area contributed by atoms with E-state index in [0.29, 0.717) is 44.8 Å². The van der Waals surface area contributed by atoms with E-state index in [2.05, 4.69) is 0 Å². The normalized spacial score (nSPS) is 14.3. The maximum absolute atomic E-state index is 9.90. The van der Waals surface area contributed by atoms with Crippen molar-refractivity contribution in [2.24, 2.45) is 0 Å². The van der Waals surface area contributed by atoms with Crippen molar-refractivity contribution in [1.29, 1.82) is 0 Å². The van der Waals surface area contributed by atoms with Gasteiger partial charge in [0.1, 0.15) is 11.2 Å². The van der Waals surface area contributed by atoms with Gasteiger partial charge in [-0.05, 0) is 70.2 Å². The Morgan fingerprint density at radius 1 is 0.371 bits per heavy atom. The third-order valence-corrected chi connectivity index (χ3v) is 11.0. The number of hydrogen-bond acceptors (Lipinski definition) is 4. The minimum absolute atomic E-state index is 0.131. The predicted octanol–water partition coefficient (Wildman–Crippen LogP) is 14.9. The van der Waals surface area contributed by atoms with Gasteiger partial charge < -0.3 is 8.98 Å². The van der Waals surface area contributed by atoms with Gasteiger partial charge in [0.2, 0.25) is 0 Å². The number of fused-ring (bicyclic) bond motifs is 6. The first kappa shape index (κ1) is 25.3. The summed E-state index contributed by atoms with van der Waals surface area (Å²) in [6.07, 6.45) is 0. The van der Waals surface area contributed by atoms with Crippen molar-refractivity contribution in [3.63, 3.8) is 0 Å². The van der Waals surface area contributed by atoms with E-state index in [-0.39, 0.29) is 39.1 Å². The highest BCUT2D eigenvalue weighted by Gasteiger charge is 2.23. The summed E-state index contributed by atoms with van der Waals surface area (Å²) in [6, 6.07) is 38.0. The summed E-state index contributed by atoms with van der Waals surface area (Å²) >= 11 is 0. The Morgan fingerprint density at radius 3 is 1.81 bits per heavy atom. The van der Waals surface area contributed by atoms with Gasteiger partial charge in [0, 0.05) is 43.8 Å². The molecule has 12 aromatic rings. The van der Waals surface area contributed by atoms with Crippen LogP contribution in [0.5, 0.6) is 0 Å². The standard InChI is InChI=1S/C57H36N4O/c1-4-15-37(16-5-1)39-27-29-40(30-28-39)44-23-14-24-48(54(44)61-50-25-12-10-21-45(50)49-35-42(32-34-51(49)61)38-17-6-2-7-18-38)57-59-55(41-19-8-3-9-20-41)58-56(60-57)43-31-33-47-46-22-11-13-26-52(46)62-53(47)36-43/h1-36H/i2D,6D,7D,10D,12D,17D,18D,21D,25D,32D,34D,35D. The predicted molar refractivity (Wildman–Crippen MR) is 254 cm³/mol. The van der Waals surface area contributed by atoms with Crippen LogP contribution in [0.1, 0.15) is 16.4 Å². The van der Waals surface area contributed by atoms with Crippen molar-refractivity contribution < 1.29 is 20.9 Å². The highest BCUT2D eigenvalue weighted by molar-refractivity contribution is 6.12. The zero-order valence-electron chi connectivity index (χ0n) is 44.6. The third-order valence-electron chi connectivity index (χ3n) is 11.0. The maximum atomic E-state index is 9.90. The molecule has 0 amide bonds. The van der Waals surface area contributed by atoms with Crippen LogP contribution < -0.4 is 0 Å². The molecule has 12 rings (SSSR count). The first-order valence-electron chi connectivity index (χ1n) is 25.9. The van der Waals surface area contributed by atoms with Gasteiger partial charge in [-0.1, -0.05) is 176 Å². The van der Waals surface area contributed by atoms with Crippen LogP contribution in [-0.2, 0) is 0 Å². The molecule has 0 spiro atoms. The summed E-state index contributed by atoms with van der Waals surface area (Å²) < 4.78 is 117. The van der Waals surface area contributed by atoms with Crippen molar-refractivity contribution in [3.8, 4) is 73.2 Å². The summed E-state index contributed by atoms with van der Waals surface area (Å²) in [5.41, 5.74) is 4.89. The Hall–Kier alpha value is -8.41. The van der Waals surface area contributed by atoms with E-state index in [1.165, 1.54) is 4.57 Å². The zero-order chi connectivity index (χ0) is 51.4. The lowest BCUT2D eigenvalue weighted by atomic mass is 9.96. The Balaban J connectivity index is 1.22. The first-order valence-corrected chi connectivity index (χ1v) is 19.9. The molecule has 0 fully saturated rings. The van der Waals surface area contributed by atoms with Crippen molar-refractivity contribution in [2.45, 2.75) is 0 Å². The highest BCUT2D eigenvalue weighted by atomic mass is 16.3. The molecule has 3 aromatic heterocycles. The lowest BCUT2D eigenvalue weighted by Crippen LogP contribution is -2.05. The van der Waals surface area contributed by atoms with Gasteiger partial charge in [-0.15, -0.1) is 0 Å². The van der Waals surface area contributed by atoms with Crippen LogP contribution >= 0.6 is 0 Å². The Morgan fingerprint density at radius 2 is 0.984 bits per heavy atom. The number of aromatic nitrogens is 4. The highest BCUT2D eigenvalue weighted by Crippen LogP contribution is 2.43. The lowest BCUT2D eigenvalue weighted by molar-refractivity contribution is 0.669. The fourth-order valence-electron chi connectivity index (χ4n) is 8.12. The number of benzene rings is 9. The minimum Gasteiger partial charge on any atom is -0.456 e. The van der Waals surface area contributed by atoms with Gasteiger partial charge in [0.25, 0.3) is 0 Å². The molecular formula is C57H36N4O. The summed E-state index contributed by atoms with van der Waals surface area (Å²) in [5.74, 6) is 0.705. The molecule has 5 nitrogen and oxygen atoms in total. The molecule has 0 unspecified atom stereocenters. The van der Waals surface area contributed by atoms with E-state index >= 15 is 0 Å². The smallest absolute Gasteiger partial charge is 0.166 e. The molecular weight excluding hydrogens is 757 g/mol. The van der Waals surface area contributed by atoms with Crippen molar-refractivity contribution in [3.05, 3.63) is 218 Å². The molecule has 0 saturated carbocycles. The molecule has 5 heteroatoms. The molecule has 0 atom stereocenters. The average molecular weight is 805 g/mol. The van der Waals surface area contributed by atoms with E-state index in [1.54, 1.807) is 12.1 Å². The van der Waals surface area contributed by atoms with Crippen LogP contribution in [0.3, 0.4) is 0 Å². The summed E-state index contributed by atoms with van der Waals surface area (Å²) in [5, 5.41) is 1.46. The van der Waals surface area contributed by atoms with E-state index in [9.17, 15) is 6.85 Å². The number of para-hydroxylation sites is 3. The van der Waals surface area contributed by atoms with Gasteiger partial charge in [-0.2, -0.15) is 0 Å². The van der Waals surface area contributed by atoms with Crippen molar-refractivity contribution in [2.75, 3.05) is 0 Å². The van der Waals surface area contributed by atoms with Crippen LogP contribution in [0.25, 0.3) is 117 Å². The van der Waals surface area contributed by atoms with E-state index in [1.807, 2.05) is 133 Å². The number of rotatable bonds is 7. The van der Waals surface area contributed by atoms with Crippen molar-refractivity contribution in [1.82, 2.24) is 19.5 Å². The number of furan rings is 1. The Labute approximate surface area is 374 Å². The fraction of sp³-hybridized carbons (Fsp3) is 0. The summed E-state index contributed by atoms with van der Waals surface area (Å²) in [6.45, 7) is 0. The van der Waals surface area contributed by atoms with Gasteiger partial charge in [-0.3, -0.25) is 0 Å². The Bertz CT molecular complexity index is 4300. The second-order valence-electron chi connectivity index (χ2n) is 14.7. The van der Waals surface area contributed by atoms with E-state index < -0.39 is 83.6 Å². The summed E-state index contributed by atoms with van der Waals surface area (Å²) in [7, 11) is 0. The molecule has 62 heavy (non-hydrogen) atoms. The molecule has 0 bridgehead atoms. The molecule has 9 aromatic carbocycles. The van der Waals surface area contributed by atoms with Gasteiger partial charge in [0.05, 0.1) is 33.2 Å². The van der Waals surface area contributed by atoms with Crippen LogP contribution in [0, 0.1) is 0 Å². The number of hydrogen-bond donors (Lipinski definition) is 0. The monoisotopic (exact) mass is 804 g/mol. The van der Waals surface area contributed by atoms with Gasteiger partial charge in [0.15, 0.2) is 17.5 Å². The second-order valence-corrected chi connectivity index (χ2v) is 14.7. The average Bonchev–Trinajstić information content (AvgIpc) is 4.00. The maximum Gasteiger partial charge on any atom is 0.166 e. The second kappa shape index (κ2) is 14.7. The topological polar surface area (TPSA) is 56.7 Å². The quantitative estimate of drug-likeness (QED) is 0.161. The minimum atomic E-state index is -0.711. The third kappa shape index (κ3) is 6.06. The first-order chi connectivity index (χ1) is 35.7. The van der Waals surface area contributed by atoms with E-state index in [4.69, 9.17) is 29.0 Å². The van der Waals surface area contributed by atoms with Crippen LogP contribution in [-0.4, -0.2) is 19.5 Å². The van der Waals surface area contributed by atoms with Gasteiger partial charge in [-0.25, -0.2) is 15.0 Å². The molecule has 0 aliphatic rings. The molecule has 0 aliphatic heterocycles. The molecule has 0 aliphatic carbocycles. The number of nitrogens with zero attached hydrogens (tertiary/aromatic N) is 4. The largest absolute Gasteiger partial charge is 0.456 e. The van der Waals surface area contributed by atoms with Crippen LogP contribution in [0.15, 0.2) is 223 Å². The fourth-order valence-corrected chi connectivity index (χ4v) is 8.12. The molecule has 0 radical (unpaired) electrons. The molecule has 3 heterocycles.